The van der Waals surface area contributed by atoms with Crippen LogP contribution in [0.4, 0.5) is 0 Å². The van der Waals surface area contributed by atoms with Gasteiger partial charge in [-0.2, -0.15) is 0 Å². The predicted molar refractivity (Wildman–Crippen MR) is 270 cm³/mol. The Morgan fingerprint density at radius 2 is 0.714 bits per heavy atom. The van der Waals surface area contributed by atoms with Crippen molar-refractivity contribution in [2.24, 2.45) is 5.73 Å². The van der Waals surface area contributed by atoms with E-state index in [2.05, 4.69) is 13.8 Å². The summed E-state index contributed by atoms with van der Waals surface area (Å²) in [4.78, 5) is 39.6. The van der Waals surface area contributed by atoms with Gasteiger partial charge in [-0.05, 0) is 24.5 Å². The molecule has 0 saturated carbocycles. The van der Waals surface area contributed by atoms with E-state index in [0.29, 0.717) is 6.42 Å². The number of benzene rings is 1. The third-order valence-corrected chi connectivity index (χ3v) is 12.9. The second-order valence-electron chi connectivity index (χ2n) is 19.0. The Hall–Kier alpha value is -2.47. The molecule has 0 bridgehead atoms. The van der Waals surface area contributed by atoms with E-state index in [-0.39, 0.29) is 13.2 Å². The Labute approximate surface area is 389 Å². The molecule has 1 aromatic carbocycles. The third kappa shape index (κ3) is 36.4. The summed E-state index contributed by atoms with van der Waals surface area (Å²) < 4.78 is 11.0. The van der Waals surface area contributed by atoms with E-state index in [4.69, 9.17) is 15.2 Å². The summed E-state index contributed by atoms with van der Waals surface area (Å²) in [7, 11) is 0. The standard InChI is InChI=1S/C57H101NO5/c1-3-5-7-9-11-13-15-17-19-21-23-25-27-29-31-33-35-37-39-44-50-62-55(60)52-57(58,54(59)49-48-53-46-42-41-43-47-53)56(61)63-51-45-40-38-36-34-32-30-28-26-24-22-20-18-16-14-12-10-8-6-4-2/h41-43,46-49H,3-40,44-45,50-52,58H2,1-2H3/b49-48+/t57-/m1/s1. The van der Waals surface area contributed by atoms with E-state index in [9.17, 15) is 14.4 Å². The van der Waals surface area contributed by atoms with Crippen molar-refractivity contribution in [2.45, 2.75) is 283 Å². The normalized spacial score (nSPS) is 12.5. The largest absolute Gasteiger partial charge is 0.466 e. The zero-order valence-corrected chi connectivity index (χ0v) is 41.6. The van der Waals surface area contributed by atoms with E-state index in [1.807, 2.05) is 30.3 Å². The molecule has 0 radical (unpaired) electrons. The van der Waals surface area contributed by atoms with Gasteiger partial charge >= 0.3 is 11.9 Å². The first-order valence-corrected chi connectivity index (χ1v) is 27.3. The fourth-order valence-electron chi connectivity index (χ4n) is 8.62. The lowest BCUT2D eigenvalue weighted by atomic mass is 9.90. The molecule has 0 unspecified atom stereocenters. The molecule has 6 heteroatoms. The van der Waals surface area contributed by atoms with Gasteiger partial charge in [0.25, 0.3) is 0 Å². The number of hydrogen-bond donors (Lipinski definition) is 1. The quantitative estimate of drug-likeness (QED) is 0.0303. The SMILES string of the molecule is CCCCCCCCCCCCCCCCCCCCCCOC(=O)C[C@@](N)(C(=O)/C=C/c1ccccc1)C(=O)OCCCCCCCCCCCCCCCCCCCCCC. The van der Waals surface area contributed by atoms with Gasteiger partial charge in [0.1, 0.15) is 0 Å². The molecule has 0 aliphatic carbocycles. The minimum atomic E-state index is -2.12. The minimum absolute atomic E-state index is 0.181. The van der Waals surface area contributed by atoms with Crippen LogP contribution in [0.25, 0.3) is 6.08 Å². The molecule has 0 aliphatic rings. The molecule has 1 aromatic rings. The van der Waals surface area contributed by atoms with Gasteiger partial charge in [-0.15, -0.1) is 0 Å². The number of rotatable bonds is 48. The van der Waals surface area contributed by atoms with Crippen LogP contribution in [0.2, 0.25) is 0 Å². The Balaban J connectivity index is 2.18. The first-order valence-electron chi connectivity index (χ1n) is 27.3. The van der Waals surface area contributed by atoms with Crippen molar-refractivity contribution in [3.8, 4) is 0 Å². The molecule has 0 saturated heterocycles. The zero-order chi connectivity index (χ0) is 45.6. The highest BCUT2D eigenvalue weighted by molar-refractivity contribution is 6.16. The number of unbranched alkanes of at least 4 members (excludes halogenated alkanes) is 38. The first-order chi connectivity index (χ1) is 30.9. The predicted octanol–water partition coefficient (Wildman–Crippen LogP) is 17.1. The van der Waals surface area contributed by atoms with E-state index >= 15 is 0 Å². The van der Waals surface area contributed by atoms with Gasteiger partial charge in [-0.1, -0.05) is 294 Å². The molecule has 364 valence electrons. The monoisotopic (exact) mass is 880 g/mol. The Morgan fingerprint density at radius 3 is 1.03 bits per heavy atom. The number of esters is 2. The fourth-order valence-corrected chi connectivity index (χ4v) is 8.62. The van der Waals surface area contributed by atoms with Gasteiger partial charge in [0, 0.05) is 0 Å². The number of hydrogen-bond acceptors (Lipinski definition) is 6. The average molecular weight is 880 g/mol. The number of nitrogens with two attached hydrogens (primary N) is 1. The van der Waals surface area contributed by atoms with Gasteiger partial charge in [0.15, 0.2) is 11.3 Å². The van der Waals surface area contributed by atoms with Crippen molar-refractivity contribution in [2.75, 3.05) is 13.2 Å². The van der Waals surface area contributed by atoms with Gasteiger partial charge < -0.3 is 15.2 Å². The van der Waals surface area contributed by atoms with Crippen molar-refractivity contribution in [3.63, 3.8) is 0 Å². The van der Waals surface area contributed by atoms with E-state index in [1.54, 1.807) is 6.08 Å². The van der Waals surface area contributed by atoms with E-state index < -0.39 is 29.7 Å². The third-order valence-electron chi connectivity index (χ3n) is 12.9. The maximum atomic E-state index is 13.4. The Bertz CT molecular complexity index is 1200. The molecule has 6 nitrogen and oxygen atoms in total. The average Bonchev–Trinajstić information content (AvgIpc) is 3.29. The molecule has 63 heavy (non-hydrogen) atoms. The summed E-state index contributed by atoms with van der Waals surface area (Å²) in [5.74, 6) is -2.16. The van der Waals surface area contributed by atoms with E-state index in [1.165, 1.54) is 224 Å². The highest BCUT2D eigenvalue weighted by atomic mass is 16.5. The van der Waals surface area contributed by atoms with Crippen LogP contribution in [0.15, 0.2) is 36.4 Å². The zero-order valence-electron chi connectivity index (χ0n) is 41.6. The summed E-state index contributed by atoms with van der Waals surface area (Å²) in [6.07, 6.45) is 54.5. The Morgan fingerprint density at radius 1 is 0.429 bits per heavy atom. The molecule has 0 amide bonds. The highest BCUT2D eigenvalue weighted by Gasteiger charge is 2.44. The molecule has 0 fully saturated rings. The van der Waals surface area contributed by atoms with E-state index in [0.717, 1.165) is 37.7 Å². The molecule has 0 aromatic heterocycles. The molecule has 1 rings (SSSR count). The summed E-state index contributed by atoms with van der Waals surface area (Å²) >= 11 is 0. The van der Waals surface area contributed by atoms with Crippen LogP contribution in [0, 0.1) is 0 Å². The summed E-state index contributed by atoms with van der Waals surface area (Å²) in [5.41, 5.74) is 5.12. The van der Waals surface area contributed by atoms with Crippen LogP contribution in [-0.2, 0) is 23.9 Å². The number of ketones is 1. The second-order valence-corrected chi connectivity index (χ2v) is 19.0. The van der Waals surface area contributed by atoms with Crippen molar-refractivity contribution >= 4 is 23.8 Å². The lowest BCUT2D eigenvalue weighted by Crippen LogP contribution is -2.56. The van der Waals surface area contributed by atoms with Crippen molar-refractivity contribution in [3.05, 3.63) is 42.0 Å². The van der Waals surface area contributed by atoms with Gasteiger partial charge in [0.2, 0.25) is 0 Å². The smallest absolute Gasteiger partial charge is 0.334 e. The van der Waals surface area contributed by atoms with Crippen LogP contribution in [0.1, 0.15) is 283 Å². The van der Waals surface area contributed by atoms with Crippen LogP contribution >= 0.6 is 0 Å². The first kappa shape index (κ1) is 58.5. The van der Waals surface area contributed by atoms with Gasteiger partial charge in [0.05, 0.1) is 19.6 Å². The molecule has 0 heterocycles. The molecule has 2 N–H and O–H groups in total. The van der Waals surface area contributed by atoms with Crippen LogP contribution < -0.4 is 5.73 Å². The summed E-state index contributed by atoms with van der Waals surface area (Å²) in [6.45, 7) is 5.01. The maximum absolute atomic E-state index is 13.4. The number of ether oxygens (including phenoxy) is 2. The van der Waals surface area contributed by atoms with Gasteiger partial charge in [-0.25, -0.2) is 4.79 Å². The Kier molecular flexibility index (Phi) is 41.6. The second kappa shape index (κ2) is 44.7. The summed E-state index contributed by atoms with van der Waals surface area (Å²) in [6, 6.07) is 9.34. The maximum Gasteiger partial charge on any atom is 0.334 e. The number of carbonyl (C=O) groups excluding carboxylic acids is 3. The topological polar surface area (TPSA) is 95.7 Å². The fraction of sp³-hybridized carbons (Fsp3) is 0.807. The number of carbonyl (C=O) groups is 3. The van der Waals surface area contributed by atoms with Crippen LogP contribution in [0.3, 0.4) is 0 Å². The molecular formula is C57H101NO5. The molecular weight excluding hydrogens is 779 g/mol. The molecule has 0 aliphatic heterocycles. The van der Waals surface area contributed by atoms with Crippen molar-refractivity contribution in [1.29, 1.82) is 0 Å². The lowest BCUT2D eigenvalue weighted by molar-refractivity contribution is -0.159. The highest BCUT2D eigenvalue weighted by Crippen LogP contribution is 2.19. The molecule has 0 spiro atoms. The minimum Gasteiger partial charge on any atom is -0.466 e. The molecule has 1 atom stereocenters. The van der Waals surface area contributed by atoms with Gasteiger partial charge in [-0.3, -0.25) is 9.59 Å². The van der Waals surface area contributed by atoms with Crippen LogP contribution in [-0.4, -0.2) is 36.5 Å². The lowest BCUT2D eigenvalue weighted by Gasteiger charge is -2.24. The van der Waals surface area contributed by atoms with Crippen molar-refractivity contribution in [1.82, 2.24) is 0 Å². The van der Waals surface area contributed by atoms with Crippen LogP contribution in [0.5, 0.6) is 0 Å². The summed E-state index contributed by atoms with van der Waals surface area (Å²) in [5, 5.41) is 0. The van der Waals surface area contributed by atoms with Crippen molar-refractivity contribution < 1.29 is 23.9 Å².